The van der Waals surface area contributed by atoms with Gasteiger partial charge in [-0.2, -0.15) is 0 Å². The van der Waals surface area contributed by atoms with E-state index >= 15 is 0 Å². The second kappa shape index (κ2) is 12.0. The van der Waals surface area contributed by atoms with Gasteiger partial charge < -0.3 is 10.1 Å². The molecule has 45 heavy (non-hydrogen) atoms. The highest BCUT2D eigenvalue weighted by Gasteiger charge is 2.57. The summed E-state index contributed by atoms with van der Waals surface area (Å²) in [7, 11) is -3.91. The molecule has 2 unspecified atom stereocenters. The van der Waals surface area contributed by atoms with Crippen LogP contribution in [0.4, 0.5) is 11.4 Å². The number of benzene rings is 2. The minimum absolute atomic E-state index is 0.117. The molecule has 2 aromatic heterocycles. The van der Waals surface area contributed by atoms with Gasteiger partial charge in [0.1, 0.15) is 11.8 Å². The maximum Gasteiger partial charge on any atom is 0.338 e. The number of carbonyl (C=O) groups is 4. The highest BCUT2D eigenvalue weighted by atomic mass is 32.2. The second-order valence-electron chi connectivity index (χ2n) is 10.1. The van der Waals surface area contributed by atoms with Gasteiger partial charge in [-0.15, -0.1) is 11.3 Å². The van der Waals surface area contributed by atoms with E-state index in [0.717, 1.165) is 32.9 Å². The Labute approximate surface area is 268 Å². The molecule has 1 saturated heterocycles. The predicted molar refractivity (Wildman–Crippen MR) is 169 cm³/mol. The van der Waals surface area contributed by atoms with Gasteiger partial charge in [-0.25, -0.2) is 23.3 Å². The standard InChI is InChI=1S/C29H24N4O8S4/c1-2-41-28(37)15-5-9-17(10-6-15)33-25(35)22-21(19-4-3-13-42-19)24-27(43-23(22)26(33)36)32(29(38)44-24)14-20(34)31-16-7-11-18(12-8-16)45(30,39)40/h3-13,21-23H,2,14H2,1H3,(H,31,34)(H2,30,39,40)/t21-,22?,23?/m0/s1. The number of aromatic nitrogens is 1. The van der Waals surface area contributed by atoms with E-state index in [0.29, 0.717) is 21.3 Å². The Morgan fingerprint density at radius 2 is 1.71 bits per heavy atom. The number of fused-ring (bicyclic) bond motifs is 2. The van der Waals surface area contributed by atoms with Crippen LogP contribution in [0.5, 0.6) is 0 Å². The van der Waals surface area contributed by atoms with E-state index in [1.807, 2.05) is 17.5 Å². The number of nitrogens with two attached hydrogens (primary N) is 1. The molecule has 6 rings (SSSR count). The fourth-order valence-corrected chi connectivity index (χ4v) is 9.55. The van der Waals surface area contributed by atoms with Crippen molar-refractivity contribution in [2.75, 3.05) is 16.8 Å². The number of hydrogen-bond acceptors (Lipinski definition) is 11. The van der Waals surface area contributed by atoms with Crippen LogP contribution in [0.3, 0.4) is 0 Å². The number of nitrogens with zero attached hydrogens (tertiary/aromatic N) is 2. The van der Waals surface area contributed by atoms with Crippen molar-refractivity contribution < 1.29 is 32.3 Å². The van der Waals surface area contributed by atoms with Gasteiger partial charge in [0.2, 0.25) is 27.7 Å². The molecule has 4 aromatic rings. The molecule has 16 heteroatoms. The van der Waals surface area contributed by atoms with Crippen molar-refractivity contribution in [2.24, 2.45) is 11.1 Å². The Bertz CT molecular complexity index is 1980. The van der Waals surface area contributed by atoms with Gasteiger partial charge in [-0.1, -0.05) is 29.2 Å². The van der Waals surface area contributed by atoms with Gasteiger partial charge in [0.05, 0.1) is 33.7 Å². The quantitative estimate of drug-likeness (QED) is 0.209. The third-order valence-corrected chi connectivity index (χ3v) is 11.8. The maximum absolute atomic E-state index is 14.0. The highest BCUT2D eigenvalue weighted by Crippen LogP contribution is 2.54. The van der Waals surface area contributed by atoms with Crippen molar-refractivity contribution in [3.05, 3.63) is 91.0 Å². The zero-order valence-corrected chi connectivity index (χ0v) is 26.6. The molecular formula is C29H24N4O8S4. The van der Waals surface area contributed by atoms with Gasteiger partial charge >= 0.3 is 10.8 Å². The first-order valence-corrected chi connectivity index (χ1v) is 17.6. The van der Waals surface area contributed by atoms with Crippen LogP contribution in [0.15, 0.2) is 80.8 Å². The zero-order valence-electron chi connectivity index (χ0n) is 23.4. The molecule has 1 fully saturated rings. The van der Waals surface area contributed by atoms with Crippen molar-refractivity contribution in [3.63, 3.8) is 0 Å². The molecular weight excluding hydrogens is 661 g/mol. The van der Waals surface area contributed by atoms with Crippen LogP contribution >= 0.6 is 34.4 Å². The number of thiophene rings is 1. The average molecular weight is 685 g/mol. The lowest BCUT2D eigenvalue weighted by molar-refractivity contribution is -0.122. The van der Waals surface area contributed by atoms with Gasteiger partial charge in [-0.3, -0.25) is 23.7 Å². The first-order chi connectivity index (χ1) is 21.5. The van der Waals surface area contributed by atoms with Crippen molar-refractivity contribution in [1.29, 1.82) is 0 Å². The number of ether oxygens (including phenoxy) is 1. The number of nitrogens with one attached hydrogen (secondary N) is 1. The van der Waals surface area contributed by atoms with Crippen molar-refractivity contribution in [1.82, 2.24) is 4.57 Å². The molecule has 4 heterocycles. The fourth-order valence-electron chi connectivity index (χ4n) is 5.32. The van der Waals surface area contributed by atoms with Crippen LogP contribution in [0.1, 0.15) is 33.0 Å². The number of rotatable bonds is 8. The number of thioether (sulfide) groups is 1. The zero-order chi connectivity index (χ0) is 32.0. The molecule has 2 aliphatic rings. The first kappa shape index (κ1) is 30.9. The summed E-state index contributed by atoms with van der Waals surface area (Å²) < 4.78 is 29.4. The highest BCUT2D eigenvalue weighted by molar-refractivity contribution is 8.00. The number of esters is 1. The lowest BCUT2D eigenvalue weighted by Gasteiger charge is -2.29. The number of carbonyl (C=O) groups excluding carboxylic acids is 4. The number of anilines is 2. The molecule has 232 valence electrons. The Morgan fingerprint density at radius 3 is 2.33 bits per heavy atom. The third kappa shape index (κ3) is 5.75. The summed E-state index contributed by atoms with van der Waals surface area (Å²) in [5.41, 5.74) is 0.897. The molecule has 0 radical (unpaired) electrons. The maximum atomic E-state index is 14.0. The fraction of sp³-hybridized carbons (Fsp3) is 0.207. The van der Waals surface area contributed by atoms with Crippen LogP contribution in [0.25, 0.3) is 0 Å². The van der Waals surface area contributed by atoms with Gasteiger partial charge in [-0.05, 0) is 66.9 Å². The van der Waals surface area contributed by atoms with E-state index in [1.54, 1.807) is 6.92 Å². The van der Waals surface area contributed by atoms with Gasteiger partial charge in [0.15, 0.2) is 0 Å². The summed E-state index contributed by atoms with van der Waals surface area (Å²) in [6.45, 7) is 1.53. The minimum atomic E-state index is -3.91. The Balaban J connectivity index is 1.31. The summed E-state index contributed by atoms with van der Waals surface area (Å²) >= 11 is 3.43. The average Bonchev–Trinajstić information content (AvgIpc) is 3.70. The summed E-state index contributed by atoms with van der Waals surface area (Å²) in [4.78, 5) is 68.2. The van der Waals surface area contributed by atoms with Crippen LogP contribution < -0.4 is 20.2 Å². The smallest absolute Gasteiger partial charge is 0.338 e. The van der Waals surface area contributed by atoms with E-state index in [9.17, 15) is 32.4 Å². The number of primary sulfonamides is 1. The summed E-state index contributed by atoms with van der Waals surface area (Å²) in [6.07, 6.45) is 0. The monoisotopic (exact) mass is 684 g/mol. The number of sulfonamides is 1. The Morgan fingerprint density at radius 1 is 1.00 bits per heavy atom. The summed E-state index contributed by atoms with van der Waals surface area (Å²) in [5.74, 6) is -3.32. The predicted octanol–water partition coefficient (Wildman–Crippen LogP) is 3.23. The van der Waals surface area contributed by atoms with E-state index in [1.165, 1.54) is 64.4 Å². The largest absolute Gasteiger partial charge is 0.462 e. The SMILES string of the molecule is CCOC(=O)c1ccc(N2C(=O)C3Sc4c(sc(=O)n4CC(=O)Nc4ccc(S(N)(=O)=O)cc4)[C@@H](c4cccs4)C3C2=O)cc1. The second-order valence-corrected chi connectivity index (χ2v) is 14.7. The van der Waals surface area contributed by atoms with Gasteiger partial charge in [0, 0.05) is 21.4 Å². The molecule has 3 atom stereocenters. The van der Waals surface area contributed by atoms with E-state index in [2.05, 4.69) is 5.32 Å². The minimum Gasteiger partial charge on any atom is -0.462 e. The molecule has 0 saturated carbocycles. The molecule has 0 aliphatic carbocycles. The first-order valence-electron chi connectivity index (χ1n) is 13.5. The molecule has 3 amide bonds. The van der Waals surface area contributed by atoms with Gasteiger partial charge in [0.25, 0.3) is 0 Å². The van der Waals surface area contributed by atoms with Crippen LogP contribution in [0, 0.1) is 5.92 Å². The van der Waals surface area contributed by atoms with Crippen LogP contribution in [0.2, 0.25) is 0 Å². The molecule has 0 bridgehead atoms. The van der Waals surface area contributed by atoms with E-state index < -0.39 is 55.7 Å². The normalized spacial score (nSPS) is 19.2. The summed E-state index contributed by atoms with van der Waals surface area (Å²) in [5, 5.41) is 9.20. The number of imide groups is 1. The number of thiazole rings is 1. The van der Waals surface area contributed by atoms with Crippen LogP contribution in [-0.4, -0.2) is 48.5 Å². The van der Waals surface area contributed by atoms with Crippen molar-refractivity contribution in [2.45, 2.75) is 34.6 Å². The van der Waals surface area contributed by atoms with Crippen LogP contribution in [-0.2, 0) is 35.7 Å². The lowest BCUT2D eigenvalue weighted by atomic mass is 9.87. The van der Waals surface area contributed by atoms with E-state index in [-0.39, 0.29) is 23.6 Å². The van der Waals surface area contributed by atoms with Crippen molar-refractivity contribution in [3.8, 4) is 0 Å². The molecule has 3 N–H and O–H groups in total. The third-order valence-electron chi connectivity index (χ3n) is 7.30. The molecule has 2 aliphatic heterocycles. The molecule has 2 aromatic carbocycles. The number of hydrogen-bond donors (Lipinski definition) is 2. The number of amides is 3. The molecule has 12 nitrogen and oxygen atoms in total. The Kier molecular flexibility index (Phi) is 8.26. The van der Waals surface area contributed by atoms with Crippen molar-refractivity contribution >= 4 is 79.5 Å². The topological polar surface area (TPSA) is 175 Å². The van der Waals surface area contributed by atoms with E-state index in [4.69, 9.17) is 9.88 Å². The summed E-state index contributed by atoms with van der Waals surface area (Å²) in [6, 6.07) is 15.0. The lowest BCUT2D eigenvalue weighted by Crippen LogP contribution is -2.32. The Hall–Kier alpha value is -4.09. The molecule has 0 spiro atoms.